The van der Waals surface area contributed by atoms with Crippen molar-refractivity contribution in [2.75, 3.05) is 0 Å². The molecule has 0 bridgehead atoms. The molecular weight excluding hydrogens is 336 g/mol. The van der Waals surface area contributed by atoms with Gasteiger partial charge >= 0.3 is 0 Å². The zero-order valence-electron chi connectivity index (χ0n) is 15.3. The van der Waals surface area contributed by atoms with E-state index in [1.165, 1.54) is 11.1 Å². The number of benzene rings is 1. The Balaban J connectivity index is 1.79. The molecule has 0 unspecified atom stereocenters. The van der Waals surface area contributed by atoms with Gasteiger partial charge in [-0.2, -0.15) is 5.10 Å². The van der Waals surface area contributed by atoms with Crippen molar-refractivity contribution < 1.29 is 8.42 Å². The van der Waals surface area contributed by atoms with E-state index in [0.29, 0.717) is 28.7 Å². The van der Waals surface area contributed by atoms with Crippen LogP contribution in [0.2, 0.25) is 0 Å². The van der Waals surface area contributed by atoms with E-state index in [4.69, 9.17) is 0 Å². The molecular formula is C18H26N4O2S. The van der Waals surface area contributed by atoms with Crippen LogP contribution in [-0.2, 0) is 36.2 Å². The maximum Gasteiger partial charge on any atom is 0.244 e. The van der Waals surface area contributed by atoms with Crippen molar-refractivity contribution >= 4 is 10.0 Å². The molecule has 0 aliphatic carbocycles. The molecule has 0 amide bonds. The average molecular weight is 362 g/mol. The Hall–Kier alpha value is -1.70. The van der Waals surface area contributed by atoms with E-state index in [0.717, 1.165) is 18.7 Å². The van der Waals surface area contributed by atoms with Crippen molar-refractivity contribution in [1.82, 2.24) is 19.8 Å². The first kappa shape index (κ1) is 18.1. The van der Waals surface area contributed by atoms with Gasteiger partial charge in [-0.1, -0.05) is 32.0 Å². The lowest BCUT2D eigenvalue weighted by atomic mass is 10.1. The second kappa shape index (κ2) is 6.90. The summed E-state index contributed by atoms with van der Waals surface area (Å²) in [7, 11) is -3.60. The summed E-state index contributed by atoms with van der Waals surface area (Å²) in [5, 5.41) is 7.70. The molecule has 2 heterocycles. The summed E-state index contributed by atoms with van der Waals surface area (Å²) in [6, 6.07) is 6.12. The van der Waals surface area contributed by atoms with Crippen LogP contribution >= 0.6 is 0 Å². The third-order valence-corrected chi connectivity index (χ3v) is 6.14. The second-order valence-corrected chi connectivity index (χ2v) is 8.81. The summed E-state index contributed by atoms with van der Waals surface area (Å²) in [6.45, 7) is 10.5. The largest absolute Gasteiger partial charge is 0.309 e. The van der Waals surface area contributed by atoms with Crippen LogP contribution in [-0.4, -0.2) is 18.2 Å². The standard InChI is InChI=1S/C18H26N4O2S/c1-12(2)11-22-14(4)18(13(3)21-22)25(23,24)20-8-15-5-6-16-9-19-10-17(16)7-15/h5-7,12,19-20H,8-11H2,1-4H3. The molecule has 0 saturated carbocycles. The SMILES string of the molecule is Cc1nn(CC(C)C)c(C)c1S(=O)(=O)NCc1ccc2c(c1)CNC2. The fraction of sp³-hybridized carbons (Fsp3) is 0.500. The van der Waals surface area contributed by atoms with Gasteiger partial charge in [-0.05, 0) is 36.5 Å². The number of fused-ring (bicyclic) bond motifs is 1. The van der Waals surface area contributed by atoms with Crippen molar-refractivity contribution in [3.05, 3.63) is 46.3 Å². The van der Waals surface area contributed by atoms with Gasteiger partial charge in [0.1, 0.15) is 4.90 Å². The van der Waals surface area contributed by atoms with Gasteiger partial charge in [-0.3, -0.25) is 4.68 Å². The van der Waals surface area contributed by atoms with Gasteiger partial charge in [0.15, 0.2) is 0 Å². The molecule has 136 valence electrons. The number of nitrogens with zero attached hydrogens (tertiary/aromatic N) is 2. The second-order valence-electron chi connectivity index (χ2n) is 7.11. The zero-order valence-corrected chi connectivity index (χ0v) is 16.1. The number of rotatable bonds is 6. The number of hydrogen-bond acceptors (Lipinski definition) is 4. The summed E-state index contributed by atoms with van der Waals surface area (Å²) in [6.07, 6.45) is 0. The Morgan fingerprint density at radius 1 is 1.24 bits per heavy atom. The Kier molecular flexibility index (Phi) is 4.99. The highest BCUT2D eigenvalue weighted by Gasteiger charge is 2.24. The monoisotopic (exact) mass is 362 g/mol. The predicted molar refractivity (Wildman–Crippen MR) is 97.6 cm³/mol. The smallest absolute Gasteiger partial charge is 0.244 e. The van der Waals surface area contributed by atoms with Crippen molar-refractivity contribution in [1.29, 1.82) is 0 Å². The highest BCUT2D eigenvalue weighted by Crippen LogP contribution is 2.21. The minimum absolute atomic E-state index is 0.282. The Labute approximate surface area is 149 Å². The van der Waals surface area contributed by atoms with Crippen LogP contribution in [0.15, 0.2) is 23.1 Å². The van der Waals surface area contributed by atoms with Gasteiger partial charge in [0.05, 0.1) is 11.4 Å². The molecule has 1 aromatic carbocycles. The lowest BCUT2D eigenvalue weighted by Gasteiger charge is -2.10. The number of nitrogens with one attached hydrogen (secondary N) is 2. The van der Waals surface area contributed by atoms with Crippen molar-refractivity contribution in [2.24, 2.45) is 5.92 Å². The third kappa shape index (κ3) is 3.78. The van der Waals surface area contributed by atoms with Crippen molar-refractivity contribution in [3.8, 4) is 0 Å². The number of aryl methyl sites for hydroxylation is 1. The van der Waals surface area contributed by atoms with E-state index in [1.807, 2.05) is 13.0 Å². The van der Waals surface area contributed by atoms with Gasteiger partial charge in [-0.15, -0.1) is 0 Å². The van der Waals surface area contributed by atoms with Gasteiger partial charge < -0.3 is 5.32 Å². The Morgan fingerprint density at radius 3 is 2.68 bits per heavy atom. The molecule has 1 aliphatic rings. The summed E-state index contributed by atoms with van der Waals surface area (Å²) in [5.41, 5.74) is 4.73. The topological polar surface area (TPSA) is 76.0 Å². The molecule has 2 aromatic rings. The van der Waals surface area contributed by atoms with E-state index in [2.05, 4.69) is 41.1 Å². The molecule has 6 nitrogen and oxygen atoms in total. The van der Waals surface area contributed by atoms with Crippen LogP contribution in [0.3, 0.4) is 0 Å². The van der Waals surface area contributed by atoms with Crippen molar-refractivity contribution in [2.45, 2.75) is 58.8 Å². The van der Waals surface area contributed by atoms with Crippen LogP contribution in [0, 0.1) is 19.8 Å². The van der Waals surface area contributed by atoms with Crippen LogP contribution in [0.4, 0.5) is 0 Å². The highest BCUT2D eigenvalue weighted by molar-refractivity contribution is 7.89. The number of hydrogen-bond donors (Lipinski definition) is 2. The van der Waals surface area contributed by atoms with Gasteiger partial charge in [-0.25, -0.2) is 13.1 Å². The van der Waals surface area contributed by atoms with Crippen LogP contribution in [0.25, 0.3) is 0 Å². The molecule has 0 atom stereocenters. The molecule has 1 aromatic heterocycles. The minimum atomic E-state index is -3.60. The zero-order chi connectivity index (χ0) is 18.2. The van der Waals surface area contributed by atoms with Gasteiger partial charge in [0.25, 0.3) is 0 Å². The third-order valence-electron chi connectivity index (χ3n) is 4.49. The first-order valence-electron chi connectivity index (χ1n) is 8.63. The molecule has 0 spiro atoms. The van der Waals surface area contributed by atoms with E-state index < -0.39 is 10.0 Å². The van der Waals surface area contributed by atoms with Gasteiger partial charge in [0.2, 0.25) is 10.0 Å². The fourth-order valence-corrected chi connectivity index (χ4v) is 4.73. The molecule has 0 radical (unpaired) electrons. The molecule has 1 aliphatic heterocycles. The summed E-state index contributed by atoms with van der Waals surface area (Å²) >= 11 is 0. The van der Waals surface area contributed by atoms with Crippen LogP contribution in [0.5, 0.6) is 0 Å². The maximum absolute atomic E-state index is 12.8. The molecule has 25 heavy (non-hydrogen) atoms. The fourth-order valence-electron chi connectivity index (χ4n) is 3.30. The lowest BCUT2D eigenvalue weighted by Crippen LogP contribution is -2.24. The first-order valence-corrected chi connectivity index (χ1v) is 10.1. The van der Waals surface area contributed by atoms with Gasteiger partial charge in [0, 0.05) is 26.2 Å². The minimum Gasteiger partial charge on any atom is -0.309 e. The Morgan fingerprint density at radius 2 is 1.96 bits per heavy atom. The van der Waals surface area contributed by atoms with E-state index in [1.54, 1.807) is 11.6 Å². The number of aromatic nitrogens is 2. The van der Waals surface area contributed by atoms with E-state index in [9.17, 15) is 8.42 Å². The highest BCUT2D eigenvalue weighted by atomic mass is 32.2. The van der Waals surface area contributed by atoms with Crippen LogP contribution in [0.1, 0.15) is 41.9 Å². The molecule has 0 saturated heterocycles. The summed E-state index contributed by atoms with van der Waals surface area (Å²) < 4.78 is 30.1. The lowest BCUT2D eigenvalue weighted by molar-refractivity contribution is 0.471. The summed E-state index contributed by atoms with van der Waals surface area (Å²) in [5.74, 6) is 0.404. The molecule has 3 rings (SSSR count). The van der Waals surface area contributed by atoms with E-state index >= 15 is 0 Å². The maximum atomic E-state index is 12.8. The Bertz CT molecular complexity index is 885. The van der Waals surface area contributed by atoms with E-state index in [-0.39, 0.29) is 6.54 Å². The predicted octanol–water partition coefficient (Wildman–Crippen LogP) is 2.24. The normalized spacial score (nSPS) is 14.3. The van der Waals surface area contributed by atoms with Crippen LogP contribution < -0.4 is 10.0 Å². The molecule has 7 heteroatoms. The van der Waals surface area contributed by atoms with Crippen molar-refractivity contribution in [3.63, 3.8) is 0 Å². The quantitative estimate of drug-likeness (QED) is 0.826. The number of sulfonamides is 1. The molecule has 0 fully saturated rings. The first-order chi connectivity index (χ1) is 11.8. The summed E-state index contributed by atoms with van der Waals surface area (Å²) in [4.78, 5) is 0.302. The molecule has 2 N–H and O–H groups in total. The average Bonchev–Trinajstić information content (AvgIpc) is 3.09.